The molecule has 82 valence electrons. The van der Waals surface area contributed by atoms with Crippen molar-refractivity contribution in [3.63, 3.8) is 0 Å². The molecule has 2 heterocycles. The van der Waals surface area contributed by atoms with Gasteiger partial charge in [-0.15, -0.1) is 0 Å². The Morgan fingerprint density at radius 3 is 2.67 bits per heavy atom. The van der Waals surface area contributed by atoms with Crippen molar-refractivity contribution in [2.75, 3.05) is 18.0 Å². The van der Waals surface area contributed by atoms with Crippen molar-refractivity contribution in [1.29, 1.82) is 0 Å². The predicted molar refractivity (Wildman–Crippen MR) is 62.8 cm³/mol. The highest BCUT2D eigenvalue weighted by molar-refractivity contribution is 5.37. The fourth-order valence-electron chi connectivity index (χ4n) is 2.20. The van der Waals surface area contributed by atoms with Gasteiger partial charge in [-0.2, -0.15) is 0 Å². The lowest BCUT2D eigenvalue weighted by molar-refractivity contribution is 0.353. The molecule has 1 aromatic heterocycles. The van der Waals surface area contributed by atoms with Crippen LogP contribution in [0.15, 0.2) is 24.4 Å². The first kappa shape index (κ1) is 10.4. The zero-order valence-electron chi connectivity index (χ0n) is 9.26. The molecule has 0 spiro atoms. The second-order valence-corrected chi connectivity index (χ2v) is 4.37. The quantitative estimate of drug-likeness (QED) is 0.798. The number of piperidine rings is 1. The molecule has 0 bridgehead atoms. The SMILES string of the molecule is CC(N)C1CCN(c2ccccn2)CC1. The number of hydrogen-bond donors (Lipinski definition) is 1. The Morgan fingerprint density at radius 1 is 1.40 bits per heavy atom. The molecular formula is C12H19N3. The molecule has 0 amide bonds. The highest BCUT2D eigenvalue weighted by Crippen LogP contribution is 2.22. The summed E-state index contributed by atoms with van der Waals surface area (Å²) in [5.74, 6) is 1.78. The standard InChI is InChI=1S/C12H19N3/c1-10(13)11-5-8-15(9-6-11)12-4-2-3-7-14-12/h2-4,7,10-11H,5-6,8-9,13H2,1H3. The van der Waals surface area contributed by atoms with Crippen LogP contribution >= 0.6 is 0 Å². The van der Waals surface area contributed by atoms with Crippen molar-refractivity contribution in [3.05, 3.63) is 24.4 Å². The van der Waals surface area contributed by atoms with E-state index in [1.54, 1.807) is 0 Å². The number of pyridine rings is 1. The summed E-state index contributed by atoms with van der Waals surface area (Å²) in [4.78, 5) is 6.71. The van der Waals surface area contributed by atoms with Crippen molar-refractivity contribution in [1.82, 2.24) is 4.98 Å². The molecule has 0 saturated carbocycles. The van der Waals surface area contributed by atoms with Crippen LogP contribution in [0.1, 0.15) is 19.8 Å². The van der Waals surface area contributed by atoms with E-state index in [0.29, 0.717) is 12.0 Å². The number of rotatable bonds is 2. The smallest absolute Gasteiger partial charge is 0.128 e. The Morgan fingerprint density at radius 2 is 2.13 bits per heavy atom. The summed E-state index contributed by atoms with van der Waals surface area (Å²) in [5, 5.41) is 0. The molecule has 1 unspecified atom stereocenters. The van der Waals surface area contributed by atoms with Gasteiger partial charge in [0.25, 0.3) is 0 Å². The summed E-state index contributed by atoms with van der Waals surface area (Å²) < 4.78 is 0. The van der Waals surface area contributed by atoms with E-state index in [1.165, 1.54) is 12.8 Å². The van der Waals surface area contributed by atoms with Crippen LogP contribution in [0.25, 0.3) is 0 Å². The zero-order valence-corrected chi connectivity index (χ0v) is 9.26. The predicted octanol–water partition coefficient (Wildman–Crippen LogP) is 1.65. The van der Waals surface area contributed by atoms with Crippen LogP contribution in [0.3, 0.4) is 0 Å². The van der Waals surface area contributed by atoms with E-state index in [4.69, 9.17) is 5.73 Å². The van der Waals surface area contributed by atoms with Crippen molar-refractivity contribution in [3.8, 4) is 0 Å². The second kappa shape index (κ2) is 4.62. The summed E-state index contributed by atoms with van der Waals surface area (Å²) in [6.45, 7) is 4.29. The fourth-order valence-corrected chi connectivity index (χ4v) is 2.20. The lowest BCUT2D eigenvalue weighted by atomic mass is 9.91. The highest BCUT2D eigenvalue weighted by Gasteiger charge is 2.22. The maximum Gasteiger partial charge on any atom is 0.128 e. The van der Waals surface area contributed by atoms with E-state index in [1.807, 2.05) is 18.3 Å². The van der Waals surface area contributed by atoms with E-state index in [0.717, 1.165) is 18.9 Å². The summed E-state index contributed by atoms with van der Waals surface area (Å²) in [6, 6.07) is 6.40. The number of nitrogens with zero attached hydrogens (tertiary/aromatic N) is 2. The van der Waals surface area contributed by atoms with Gasteiger partial charge >= 0.3 is 0 Å². The molecule has 2 N–H and O–H groups in total. The van der Waals surface area contributed by atoms with Gasteiger partial charge in [-0.3, -0.25) is 0 Å². The Kier molecular flexibility index (Phi) is 3.21. The molecule has 0 radical (unpaired) electrons. The van der Waals surface area contributed by atoms with Crippen molar-refractivity contribution >= 4 is 5.82 Å². The molecule has 1 aliphatic rings. The average molecular weight is 205 g/mol. The summed E-state index contributed by atoms with van der Waals surface area (Å²) in [5.41, 5.74) is 5.92. The first-order valence-corrected chi connectivity index (χ1v) is 5.69. The Bertz CT molecular complexity index is 289. The molecule has 1 aromatic rings. The van der Waals surface area contributed by atoms with Crippen LogP contribution < -0.4 is 10.6 Å². The van der Waals surface area contributed by atoms with Gasteiger partial charge in [-0.25, -0.2) is 4.98 Å². The molecular weight excluding hydrogens is 186 g/mol. The molecule has 2 rings (SSSR count). The highest BCUT2D eigenvalue weighted by atomic mass is 15.2. The van der Waals surface area contributed by atoms with Gasteiger partial charge in [0.15, 0.2) is 0 Å². The molecule has 15 heavy (non-hydrogen) atoms. The Balaban J connectivity index is 1.94. The first-order valence-electron chi connectivity index (χ1n) is 5.69. The molecule has 3 nitrogen and oxygen atoms in total. The minimum atomic E-state index is 0.330. The molecule has 1 saturated heterocycles. The minimum Gasteiger partial charge on any atom is -0.357 e. The van der Waals surface area contributed by atoms with Crippen LogP contribution in [-0.2, 0) is 0 Å². The van der Waals surface area contributed by atoms with Crippen molar-refractivity contribution in [2.45, 2.75) is 25.8 Å². The van der Waals surface area contributed by atoms with Crippen molar-refractivity contribution in [2.24, 2.45) is 11.7 Å². The largest absolute Gasteiger partial charge is 0.357 e. The van der Waals surface area contributed by atoms with Gasteiger partial charge in [0.05, 0.1) is 0 Å². The summed E-state index contributed by atoms with van der Waals surface area (Å²) in [7, 11) is 0. The van der Waals surface area contributed by atoms with E-state index in [-0.39, 0.29) is 0 Å². The average Bonchev–Trinajstić information content (AvgIpc) is 2.30. The molecule has 1 fully saturated rings. The van der Waals surface area contributed by atoms with Crippen LogP contribution in [0.2, 0.25) is 0 Å². The number of anilines is 1. The Hall–Kier alpha value is -1.09. The van der Waals surface area contributed by atoms with E-state index in [9.17, 15) is 0 Å². The van der Waals surface area contributed by atoms with Gasteiger partial charge in [0, 0.05) is 25.3 Å². The fraction of sp³-hybridized carbons (Fsp3) is 0.583. The van der Waals surface area contributed by atoms with Crippen LogP contribution in [0.5, 0.6) is 0 Å². The maximum atomic E-state index is 5.92. The van der Waals surface area contributed by atoms with Crippen LogP contribution in [0, 0.1) is 5.92 Å². The van der Waals surface area contributed by atoms with Gasteiger partial charge in [0.1, 0.15) is 5.82 Å². The summed E-state index contributed by atoms with van der Waals surface area (Å²) >= 11 is 0. The molecule has 1 aliphatic heterocycles. The minimum absolute atomic E-state index is 0.330. The van der Waals surface area contributed by atoms with E-state index in [2.05, 4.69) is 22.9 Å². The van der Waals surface area contributed by atoms with E-state index < -0.39 is 0 Å². The molecule has 0 aromatic carbocycles. The van der Waals surface area contributed by atoms with Crippen LogP contribution in [-0.4, -0.2) is 24.1 Å². The molecule has 0 aliphatic carbocycles. The van der Waals surface area contributed by atoms with Gasteiger partial charge < -0.3 is 10.6 Å². The van der Waals surface area contributed by atoms with Gasteiger partial charge in [0.2, 0.25) is 0 Å². The second-order valence-electron chi connectivity index (χ2n) is 4.37. The maximum absolute atomic E-state index is 5.92. The first-order chi connectivity index (χ1) is 7.27. The third-order valence-corrected chi connectivity index (χ3v) is 3.26. The number of nitrogens with two attached hydrogens (primary N) is 1. The summed E-state index contributed by atoms with van der Waals surface area (Å²) in [6.07, 6.45) is 4.23. The normalized spacial score (nSPS) is 20.3. The zero-order chi connectivity index (χ0) is 10.7. The number of hydrogen-bond acceptors (Lipinski definition) is 3. The number of aromatic nitrogens is 1. The van der Waals surface area contributed by atoms with E-state index >= 15 is 0 Å². The van der Waals surface area contributed by atoms with Gasteiger partial charge in [-0.05, 0) is 37.8 Å². The lowest BCUT2D eigenvalue weighted by Gasteiger charge is -2.34. The molecule has 1 atom stereocenters. The van der Waals surface area contributed by atoms with Crippen LogP contribution in [0.4, 0.5) is 5.82 Å². The van der Waals surface area contributed by atoms with Crippen molar-refractivity contribution < 1.29 is 0 Å². The lowest BCUT2D eigenvalue weighted by Crippen LogP contribution is -2.40. The molecule has 3 heteroatoms. The monoisotopic (exact) mass is 205 g/mol. The third-order valence-electron chi connectivity index (χ3n) is 3.26. The topological polar surface area (TPSA) is 42.1 Å². The van der Waals surface area contributed by atoms with Gasteiger partial charge in [-0.1, -0.05) is 6.07 Å². The Labute approximate surface area is 91.3 Å². The third kappa shape index (κ3) is 2.48.